The fourth-order valence-electron chi connectivity index (χ4n) is 5.12. The Hall–Kier alpha value is -3.04. The van der Waals surface area contributed by atoms with Crippen LogP contribution in [-0.4, -0.2) is 72.9 Å². The van der Waals surface area contributed by atoms with E-state index in [1.807, 2.05) is 30.0 Å². The Labute approximate surface area is 186 Å². The quantitative estimate of drug-likeness (QED) is 0.531. The number of nitrogens with one attached hydrogen (secondary N) is 1. The molecular weight excluding hydrogens is 404 g/mol. The van der Waals surface area contributed by atoms with Gasteiger partial charge in [0.25, 0.3) is 0 Å². The smallest absolute Gasteiger partial charge is 0.241 e. The lowest BCUT2D eigenvalue weighted by atomic mass is 9.90. The van der Waals surface area contributed by atoms with Gasteiger partial charge in [0.2, 0.25) is 5.95 Å². The van der Waals surface area contributed by atoms with Crippen molar-refractivity contribution in [3.8, 4) is 11.1 Å². The van der Waals surface area contributed by atoms with Gasteiger partial charge in [0.1, 0.15) is 5.52 Å². The van der Waals surface area contributed by atoms with Gasteiger partial charge >= 0.3 is 0 Å². The summed E-state index contributed by atoms with van der Waals surface area (Å²) in [6.45, 7) is 3.89. The number of ether oxygens (including phenoxy) is 1. The highest BCUT2D eigenvalue weighted by molar-refractivity contribution is 5.87. The molecular formula is C23H28N8O. The van der Waals surface area contributed by atoms with Crippen molar-refractivity contribution in [1.82, 2.24) is 34.5 Å². The maximum Gasteiger partial charge on any atom is 0.241 e. The predicted molar refractivity (Wildman–Crippen MR) is 123 cm³/mol. The summed E-state index contributed by atoms with van der Waals surface area (Å²) in [4.78, 5) is 7.24. The third-order valence-corrected chi connectivity index (χ3v) is 6.93. The number of aryl methyl sites for hydroxylation is 1. The molecule has 1 aliphatic heterocycles. The lowest BCUT2D eigenvalue weighted by Crippen LogP contribution is -2.46. The summed E-state index contributed by atoms with van der Waals surface area (Å²) in [6, 6.07) is 9.41. The molecule has 4 heterocycles. The number of rotatable bonds is 4. The molecule has 166 valence electrons. The first-order valence-electron chi connectivity index (χ1n) is 11.5. The first kappa shape index (κ1) is 19.6. The topological polar surface area (TPSA) is 85.4 Å². The van der Waals surface area contributed by atoms with Crippen LogP contribution in [0.25, 0.3) is 27.7 Å². The maximum atomic E-state index is 5.50. The zero-order valence-electron chi connectivity index (χ0n) is 18.3. The Morgan fingerprint density at radius 2 is 1.88 bits per heavy atom. The summed E-state index contributed by atoms with van der Waals surface area (Å²) in [6.07, 6.45) is 8.66. The number of fused-ring (bicyclic) bond motifs is 2. The molecule has 0 unspecified atom stereocenters. The van der Waals surface area contributed by atoms with Gasteiger partial charge in [0, 0.05) is 44.0 Å². The van der Waals surface area contributed by atoms with Gasteiger partial charge in [0.15, 0.2) is 0 Å². The molecule has 0 spiro atoms. The zero-order chi connectivity index (χ0) is 21.5. The fourth-order valence-corrected chi connectivity index (χ4v) is 5.12. The number of morpholine rings is 1. The summed E-state index contributed by atoms with van der Waals surface area (Å²) in [5.74, 6) is 0.695. The second kappa shape index (κ2) is 8.14. The van der Waals surface area contributed by atoms with Gasteiger partial charge in [-0.2, -0.15) is 0 Å². The number of aromatic nitrogens is 6. The van der Waals surface area contributed by atoms with Crippen molar-refractivity contribution in [3.05, 3.63) is 36.7 Å². The summed E-state index contributed by atoms with van der Waals surface area (Å²) in [7, 11) is 1.91. The first-order chi connectivity index (χ1) is 15.7. The van der Waals surface area contributed by atoms with Crippen LogP contribution < -0.4 is 5.32 Å². The Kier molecular flexibility index (Phi) is 4.99. The molecule has 0 atom stereocenters. The van der Waals surface area contributed by atoms with E-state index in [0.29, 0.717) is 18.0 Å². The van der Waals surface area contributed by atoms with Crippen molar-refractivity contribution in [2.75, 3.05) is 31.6 Å². The SMILES string of the molecule is Cn1nnc2ccc(-c3ccn4nc(N[C@H]5CC[C@@H](N6CCOCC6)CC5)ncc34)cc21. The first-order valence-corrected chi connectivity index (χ1v) is 11.5. The third-order valence-electron chi connectivity index (χ3n) is 6.93. The molecule has 3 aromatic heterocycles. The molecule has 0 radical (unpaired) electrons. The molecule has 2 fully saturated rings. The highest BCUT2D eigenvalue weighted by atomic mass is 16.5. The number of hydrogen-bond acceptors (Lipinski definition) is 7. The molecule has 9 nitrogen and oxygen atoms in total. The zero-order valence-corrected chi connectivity index (χ0v) is 18.3. The van der Waals surface area contributed by atoms with E-state index in [1.165, 1.54) is 12.8 Å². The summed E-state index contributed by atoms with van der Waals surface area (Å²) >= 11 is 0. The van der Waals surface area contributed by atoms with Crippen LogP contribution in [0.5, 0.6) is 0 Å². The predicted octanol–water partition coefficient (Wildman–Crippen LogP) is 2.73. The van der Waals surface area contributed by atoms with Gasteiger partial charge in [-0.1, -0.05) is 11.3 Å². The van der Waals surface area contributed by atoms with Crippen LogP contribution in [0.2, 0.25) is 0 Å². The molecule has 2 aliphatic rings. The molecule has 6 rings (SSSR count). The molecule has 1 N–H and O–H groups in total. The summed E-state index contributed by atoms with van der Waals surface area (Å²) in [5, 5.41) is 16.6. The van der Waals surface area contributed by atoms with E-state index in [9.17, 15) is 0 Å². The Bertz CT molecular complexity index is 1230. The van der Waals surface area contributed by atoms with Crippen molar-refractivity contribution < 1.29 is 4.74 Å². The Morgan fingerprint density at radius 3 is 2.72 bits per heavy atom. The average Bonchev–Trinajstić information content (AvgIpc) is 3.43. The number of anilines is 1. The van der Waals surface area contributed by atoms with Crippen LogP contribution in [-0.2, 0) is 11.8 Å². The largest absolute Gasteiger partial charge is 0.379 e. The minimum absolute atomic E-state index is 0.430. The van der Waals surface area contributed by atoms with Crippen molar-refractivity contribution in [2.45, 2.75) is 37.8 Å². The number of hydrogen-bond donors (Lipinski definition) is 1. The second-order valence-electron chi connectivity index (χ2n) is 8.86. The van der Waals surface area contributed by atoms with Crippen LogP contribution in [0.3, 0.4) is 0 Å². The van der Waals surface area contributed by atoms with E-state index in [1.54, 1.807) is 4.68 Å². The van der Waals surface area contributed by atoms with Crippen LogP contribution in [0, 0.1) is 0 Å². The fraction of sp³-hybridized carbons (Fsp3) is 0.478. The van der Waals surface area contributed by atoms with Crippen molar-refractivity contribution in [3.63, 3.8) is 0 Å². The normalized spacial score (nSPS) is 22.5. The highest BCUT2D eigenvalue weighted by Gasteiger charge is 2.27. The Balaban J connectivity index is 1.16. The van der Waals surface area contributed by atoms with E-state index in [4.69, 9.17) is 9.84 Å². The lowest BCUT2D eigenvalue weighted by molar-refractivity contribution is 0.00790. The summed E-state index contributed by atoms with van der Waals surface area (Å²) in [5.41, 5.74) is 5.10. The Morgan fingerprint density at radius 1 is 1.03 bits per heavy atom. The van der Waals surface area contributed by atoms with Crippen LogP contribution in [0.1, 0.15) is 25.7 Å². The lowest BCUT2D eigenvalue weighted by Gasteiger charge is -2.38. The number of nitrogens with zero attached hydrogens (tertiary/aromatic N) is 7. The third kappa shape index (κ3) is 3.61. The van der Waals surface area contributed by atoms with Crippen molar-refractivity contribution in [1.29, 1.82) is 0 Å². The molecule has 0 amide bonds. The van der Waals surface area contributed by atoms with Crippen LogP contribution >= 0.6 is 0 Å². The standard InChI is InChI=1S/C23H28N8O/c1-29-21-14-16(2-7-20(21)26-28-29)19-8-9-31-22(19)15-24-23(27-31)25-17-3-5-18(6-4-17)30-10-12-32-13-11-30/h2,7-9,14-15,17-18H,3-6,10-13H2,1H3,(H,25,27)/t17-,18+. The van der Waals surface area contributed by atoms with Gasteiger partial charge in [-0.05, 0) is 49.4 Å². The molecule has 9 heteroatoms. The number of benzene rings is 1. The van der Waals surface area contributed by atoms with Crippen LogP contribution in [0.4, 0.5) is 5.95 Å². The highest BCUT2D eigenvalue weighted by Crippen LogP contribution is 2.29. The van der Waals surface area contributed by atoms with E-state index in [-0.39, 0.29) is 0 Å². The van der Waals surface area contributed by atoms with Gasteiger partial charge in [-0.25, -0.2) is 14.2 Å². The van der Waals surface area contributed by atoms with Crippen LogP contribution in [0.15, 0.2) is 36.7 Å². The van der Waals surface area contributed by atoms with Gasteiger partial charge in [-0.15, -0.1) is 10.2 Å². The van der Waals surface area contributed by atoms with Crippen molar-refractivity contribution in [2.24, 2.45) is 7.05 Å². The second-order valence-corrected chi connectivity index (χ2v) is 8.86. The maximum absolute atomic E-state index is 5.50. The summed E-state index contributed by atoms with van der Waals surface area (Å²) < 4.78 is 9.20. The molecule has 1 aliphatic carbocycles. The van der Waals surface area contributed by atoms with Gasteiger partial charge < -0.3 is 10.1 Å². The van der Waals surface area contributed by atoms with E-state index >= 15 is 0 Å². The average molecular weight is 433 g/mol. The van der Waals surface area contributed by atoms with E-state index in [2.05, 4.69) is 43.7 Å². The van der Waals surface area contributed by atoms with E-state index in [0.717, 1.165) is 66.8 Å². The molecule has 32 heavy (non-hydrogen) atoms. The molecule has 4 aromatic rings. The monoisotopic (exact) mass is 432 g/mol. The van der Waals surface area contributed by atoms with Gasteiger partial charge in [0.05, 0.1) is 30.4 Å². The molecule has 1 saturated heterocycles. The minimum atomic E-state index is 0.430. The van der Waals surface area contributed by atoms with Gasteiger partial charge in [-0.3, -0.25) is 4.90 Å². The molecule has 1 saturated carbocycles. The minimum Gasteiger partial charge on any atom is -0.379 e. The van der Waals surface area contributed by atoms with Crippen molar-refractivity contribution >= 4 is 22.5 Å². The molecule has 0 bridgehead atoms. The van der Waals surface area contributed by atoms with E-state index < -0.39 is 0 Å². The molecule has 1 aromatic carbocycles.